The van der Waals surface area contributed by atoms with Crippen molar-refractivity contribution in [3.63, 3.8) is 0 Å². The zero-order chi connectivity index (χ0) is 22.8. The summed E-state index contributed by atoms with van der Waals surface area (Å²) in [7, 11) is 0. The average Bonchev–Trinajstić information content (AvgIpc) is 3.15. The molecular weight excluding hydrogens is 445 g/mol. The van der Waals surface area contributed by atoms with Crippen LogP contribution in [0.4, 0.5) is 0 Å². The number of carbonyl (C=O) groups excluding carboxylic acids is 1. The van der Waals surface area contributed by atoms with E-state index in [1.54, 1.807) is 24.3 Å². The first-order valence-corrected chi connectivity index (χ1v) is 12.0. The van der Waals surface area contributed by atoms with Crippen LogP contribution in [0, 0.1) is 0 Å². The van der Waals surface area contributed by atoms with Gasteiger partial charge >= 0.3 is 5.97 Å². The number of nitrogens with zero attached hydrogens (tertiary/aromatic N) is 1. The van der Waals surface area contributed by atoms with E-state index < -0.39 is 5.97 Å². The van der Waals surface area contributed by atoms with Crippen LogP contribution in [0.5, 0.6) is 5.75 Å². The van der Waals surface area contributed by atoms with Gasteiger partial charge in [-0.2, -0.15) is 0 Å². The summed E-state index contributed by atoms with van der Waals surface area (Å²) in [6.07, 6.45) is 11.8. The molecule has 0 amide bonds. The van der Waals surface area contributed by atoms with Crippen LogP contribution in [0.15, 0.2) is 53.2 Å². The number of hydrogen-bond acceptors (Lipinski definition) is 4. The Morgan fingerprint density at radius 1 is 0.906 bits per heavy atom. The molecule has 1 aliphatic rings. The fourth-order valence-corrected chi connectivity index (χ4v) is 3.72. The Bertz CT molecular complexity index is 968. The van der Waals surface area contributed by atoms with E-state index in [2.05, 4.69) is 11.9 Å². The molecule has 0 atom stereocenters. The summed E-state index contributed by atoms with van der Waals surface area (Å²) in [4.78, 5) is 16.5. The molecule has 0 N–H and O–H groups in total. The third-order valence-electron chi connectivity index (χ3n) is 5.24. The van der Waals surface area contributed by atoms with Crippen LogP contribution in [0.2, 0.25) is 10.0 Å². The van der Waals surface area contributed by atoms with Crippen LogP contribution in [-0.2, 0) is 9.53 Å². The molecule has 0 bridgehead atoms. The fourth-order valence-electron chi connectivity index (χ4n) is 3.41. The third-order valence-corrected chi connectivity index (χ3v) is 5.97. The molecule has 170 valence electrons. The Morgan fingerprint density at radius 2 is 1.59 bits per heavy atom. The average molecular weight is 474 g/mol. The molecule has 3 rings (SSSR count). The molecule has 0 fully saturated rings. The van der Waals surface area contributed by atoms with E-state index in [0.29, 0.717) is 16.7 Å². The van der Waals surface area contributed by atoms with Crippen molar-refractivity contribution in [1.82, 2.24) is 0 Å². The lowest BCUT2D eigenvalue weighted by molar-refractivity contribution is -0.129. The van der Waals surface area contributed by atoms with E-state index in [4.69, 9.17) is 32.7 Å². The first-order chi connectivity index (χ1) is 15.6. The van der Waals surface area contributed by atoms with Gasteiger partial charge in [-0.15, -0.1) is 0 Å². The standard InChI is InChI=1S/C26H29Cl2NO3/c1-2-3-4-5-6-7-8-9-16-31-21-13-11-20(12-14-21)25-29-24(26(30)32-25)18-19-10-15-22(27)23(28)17-19/h10-15,17-18H,2-9,16H2,1H3/b24-18-. The molecule has 0 radical (unpaired) electrons. The molecule has 0 aliphatic carbocycles. The maximum Gasteiger partial charge on any atom is 0.363 e. The van der Waals surface area contributed by atoms with Crippen LogP contribution in [0.1, 0.15) is 69.4 Å². The molecule has 1 aliphatic heterocycles. The molecule has 4 nitrogen and oxygen atoms in total. The first kappa shape index (κ1) is 24.3. The van der Waals surface area contributed by atoms with Crippen LogP contribution in [0.25, 0.3) is 6.08 Å². The van der Waals surface area contributed by atoms with Gasteiger partial charge in [0.25, 0.3) is 0 Å². The number of unbranched alkanes of at least 4 members (excludes halogenated alkanes) is 7. The Kier molecular flexibility index (Phi) is 9.63. The van der Waals surface area contributed by atoms with Crippen LogP contribution in [0.3, 0.4) is 0 Å². The molecule has 1 heterocycles. The van der Waals surface area contributed by atoms with Crippen molar-refractivity contribution in [2.24, 2.45) is 4.99 Å². The highest BCUT2D eigenvalue weighted by molar-refractivity contribution is 6.42. The van der Waals surface area contributed by atoms with Gasteiger partial charge in [-0.3, -0.25) is 0 Å². The summed E-state index contributed by atoms with van der Waals surface area (Å²) in [6, 6.07) is 12.5. The number of carbonyl (C=O) groups is 1. The van der Waals surface area contributed by atoms with E-state index in [1.807, 2.05) is 24.3 Å². The molecule has 6 heteroatoms. The van der Waals surface area contributed by atoms with E-state index in [1.165, 1.54) is 44.9 Å². The van der Waals surface area contributed by atoms with Gasteiger partial charge in [0, 0.05) is 5.56 Å². The monoisotopic (exact) mass is 473 g/mol. The van der Waals surface area contributed by atoms with Gasteiger partial charge in [0.15, 0.2) is 5.70 Å². The Morgan fingerprint density at radius 3 is 2.28 bits per heavy atom. The minimum atomic E-state index is -0.499. The summed E-state index contributed by atoms with van der Waals surface area (Å²) in [5.41, 5.74) is 1.66. The molecule has 2 aromatic rings. The quantitative estimate of drug-likeness (QED) is 0.179. The maximum absolute atomic E-state index is 12.2. The molecule has 0 spiro atoms. The lowest BCUT2D eigenvalue weighted by atomic mass is 10.1. The lowest BCUT2D eigenvalue weighted by Crippen LogP contribution is -2.05. The largest absolute Gasteiger partial charge is 0.494 e. The number of ether oxygens (including phenoxy) is 2. The zero-order valence-corrected chi connectivity index (χ0v) is 19.9. The third kappa shape index (κ3) is 7.39. The van der Waals surface area contributed by atoms with Gasteiger partial charge in [0.05, 0.1) is 16.7 Å². The second-order valence-electron chi connectivity index (χ2n) is 7.86. The van der Waals surface area contributed by atoms with E-state index in [0.717, 1.165) is 23.3 Å². The molecular formula is C26H29Cl2NO3. The normalized spacial score (nSPS) is 14.5. The second-order valence-corrected chi connectivity index (χ2v) is 8.67. The van der Waals surface area contributed by atoms with Crippen molar-refractivity contribution in [1.29, 1.82) is 0 Å². The summed E-state index contributed by atoms with van der Waals surface area (Å²) >= 11 is 12.0. The Balaban J connectivity index is 1.48. The SMILES string of the molecule is CCCCCCCCCCOc1ccc(C2=N/C(=C\c3ccc(Cl)c(Cl)c3)C(=O)O2)cc1. The molecule has 0 saturated carbocycles. The molecule has 32 heavy (non-hydrogen) atoms. The van der Waals surface area contributed by atoms with Crippen LogP contribution < -0.4 is 4.74 Å². The molecule has 2 aromatic carbocycles. The predicted molar refractivity (Wildman–Crippen MR) is 132 cm³/mol. The molecule has 0 aromatic heterocycles. The van der Waals surface area contributed by atoms with E-state index >= 15 is 0 Å². The van der Waals surface area contributed by atoms with Crippen molar-refractivity contribution in [2.75, 3.05) is 6.61 Å². The number of cyclic esters (lactones) is 1. The first-order valence-electron chi connectivity index (χ1n) is 11.3. The Labute approximate surface area is 200 Å². The maximum atomic E-state index is 12.2. The van der Waals surface area contributed by atoms with Crippen molar-refractivity contribution >= 4 is 41.1 Å². The van der Waals surface area contributed by atoms with E-state index in [-0.39, 0.29) is 11.6 Å². The van der Waals surface area contributed by atoms with Gasteiger partial charge in [-0.25, -0.2) is 9.79 Å². The zero-order valence-electron chi connectivity index (χ0n) is 18.4. The number of aliphatic imine (C=N–C) groups is 1. The second kappa shape index (κ2) is 12.7. The van der Waals surface area contributed by atoms with Crippen LogP contribution >= 0.6 is 23.2 Å². The summed E-state index contributed by atoms with van der Waals surface area (Å²) in [5.74, 6) is 0.574. The van der Waals surface area contributed by atoms with Gasteiger partial charge in [0.2, 0.25) is 5.90 Å². The van der Waals surface area contributed by atoms with Gasteiger partial charge in [-0.05, 0) is 54.5 Å². The summed E-state index contributed by atoms with van der Waals surface area (Å²) < 4.78 is 11.2. The predicted octanol–water partition coefficient (Wildman–Crippen LogP) is 7.86. The summed E-state index contributed by atoms with van der Waals surface area (Å²) in [5, 5.41) is 0.871. The van der Waals surface area contributed by atoms with Crippen molar-refractivity contribution in [2.45, 2.75) is 58.3 Å². The van der Waals surface area contributed by atoms with Gasteiger partial charge in [0.1, 0.15) is 5.75 Å². The lowest BCUT2D eigenvalue weighted by Gasteiger charge is -2.07. The van der Waals surface area contributed by atoms with Crippen LogP contribution in [-0.4, -0.2) is 18.5 Å². The van der Waals surface area contributed by atoms with Gasteiger partial charge in [-0.1, -0.05) is 81.1 Å². The molecule has 0 saturated heterocycles. The number of halogens is 2. The minimum Gasteiger partial charge on any atom is -0.494 e. The highest BCUT2D eigenvalue weighted by Gasteiger charge is 2.24. The molecule has 0 unspecified atom stereocenters. The highest BCUT2D eigenvalue weighted by Crippen LogP contribution is 2.26. The smallest absolute Gasteiger partial charge is 0.363 e. The van der Waals surface area contributed by atoms with Crippen molar-refractivity contribution in [3.05, 3.63) is 69.3 Å². The summed E-state index contributed by atoms with van der Waals surface area (Å²) in [6.45, 7) is 2.95. The minimum absolute atomic E-state index is 0.216. The van der Waals surface area contributed by atoms with E-state index in [9.17, 15) is 4.79 Å². The van der Waals surface area contributed by atoms with Gasteiger partial charge < -0.3 is 9.47 Å². The number of hydrogen-bond donors (Lipinski definition) is 0. The highest BCUT2D eigenvalue weighted by atomic mass is 35.5. The number of rotatable bonds is 12. The van der Waals surface area contributed by atoms with Crippen molar-refractivity contribution in [3.8, 4) is 5.75 Å². The fraction of sp³-hybridized carbons (Fsp3) is 0.385. The van der Waals surface area contributed by atoms with Crippen molar-refractivity contribution < 1.29 is 14.3 Å². The number of esters is 1. The topological polar surface area (TPSA) is 47.9 Å². The Hall–Kier alpha value is -2.30. The number of benzene rings is 2.